The summed E-state index contributed by atoms with van der Waals surface area (Å²) in [5.74, 6) is 0.0855. The molecule has 1 atom stereocenters. The minimum atomic E-state index is -0.467. The lowest BCUT2D eigenvalue weighted by molar-refractivity contribution is 0.255. The molecule has 4 N–H and O–H groups in total. The molecule has 5 heteroatoms. The van der Waals surface area contributed by atoms with E-state index in [2.05, 4.69) is 12.2 Å². The zero-order valence-electron chi connectivity index (χ0n) is 11.6. The van der Waals surface area contributed by atoms with Gasteiger partial charge in [-0.1, -0.05) is 13.3 Å². The number of hydrogen-bond acceptors (Lipinski definition) is 4. The summed E-state index contributed by atoms with van der Waals surface area (Å²) in [6.45, 7) is 2.99. The zero-order chi connectivity index (χ0) is 14.3. The van der Waals surface area contributed by atoms with Crippen molar-refractivity contribution < 1.29 is 14.2 Å². The Bertz CT molecular complexity index is 393. The maximum atomic E-state index is 13.4. The minimum Gasteiger partial charge on any atom is -0.494 e. The van der Waals surface area contributed by atoms with Crippen molar-refractivity contribution in [2.75, 3.05) is 31.3 Å². The van der Waals surface area contributed by atoms with E-state index in [0.29, 0.717) is 23.8 Å². The van der Waals surface area contributed by atoms with E-state index in [9.17, 15) is 4.39 Å². The quantitative estimate of drug-likeness (QED) is 0.635. The number of nitrogen functional groups attached to an aromatic ring is 1. The maximum Gasteiger partial charge on any atom is 0.167 e. The Morgan fingerprint density at radius 1 is 1.42 bits per heavy atom. The first-order valence-electron chi connectivity index (χ1n) is 6.60. The van der Waals surface area contributed by atoms with Gasteiger partial charge in [0.1, 0.15) is 0 Å². The fourth-order valence-electron chi connectivity index (χ4n) is 2.07. The Kier molecular flexibility index (Phi) is 6.42. The van der Waals surface area contributed by atoms with E-state index in [4.69, 9.17) is 15.6 Å². The topological polar surface area (TPSA) is 67.5 Å². The third-order valence-electron chi connectivity index (χ3n) is 3.14. The second kappa shape index (κ2) is 7.84. The van der Waals surface area contributed by atoms with Crippen LogP contribution in [0, 0.1) is 11.7 Å². The number of anilines is 2. The van der Waals surface area contributed by atoms with E-state index in [-0.39, 0.29) is 12.4 Å². The van der Waals surface area contributed by atoms with Gasteiger partial charge in [0.25, 0.3) is 0 Å². The van der Waals surface area contributed by atoms with Crippen molar-refractivity contribution in [3.63, 3.8) is 0 Å². The van der Waals surface area contributed by atoms with Gasteiger partial charge < -0.3 is 20.9 Å². The number of nitrogens with two attached hydrogens (primary N) is 1. The van der Waals surface area contributed by atoms with Gasteiger partial charge in [0.05, 0.1) is 18.5 Å². The lowest BCUT2D eigenvalue weighted by atomic mass is 10.00. The number of benzene rings is 1. The lowest BCUT2D eigenvalue weighted by Crippen LogP contribution is -2.16. The molecule has 1 aromatic rings. The number of hydrogen-bond donors (Lipinski definition) is 3. The highest BCUT2D eigenvalue weighted by molar-refractivity contribution is 5.68. The first kappa shape index (κ1) is 15.6. The van der Waals surface area contributed by atoms with Crippen molar-refractivity contribution in [1.82, 2.24) is 0 Å². The number of aliphatic hydroxyl groups is 1. The van der Waals surface area contributed by atoms with Gasteiger partial charge >= 0.3 is 0 Å². The van der Waals surface area contributed by atoms with Gasteiger partial charge in [-0.2, -0.15) is 0 Å². The second-order valence-corrected chi connectivity index (χ2v) is 4.62. The van der Waals surface area contributed by atoms with E-state index in [0.717, 1.165) is 19.3 Å². The summed E-state index contributed by atoms with van der Waals surface area (Å²) in [5.41, 5.74) is 6.79. The molecule has 1 rings (SSSR count). The fraction of sp³-hybridized carbons (Fsp3) is 0.571. The summed E-state index contributed by atoms with van der Waals surface area (Å²) < 4.78 is 18.3. The van der Waals surface area contributed by atoms with Gasteiger partial charge in [-0.25, -0.2) is 4.39 Å². The van der Waals surface area contributed by atoms with Crippen LogP contribution >= 0.6 is 0 Å². The van der Waals surface area contributed by atoms with Crippen LogP contribution in [0.1, 0.15) is 26.2 Å². The molecule has 0 fully saturated rings. The number of nitrogens with one attached hydrogen (secondary N) is 1. The highest BCUT2D eigenvalue weighted by atomic mass is 19.1. The minimum absolute atomic E-state index is 0.172. The summed E-state index contributed by atoms with van der Waals surface area (Å²) in [7, 11) is 1.42. The summed E-state index contributed by atoms with van der Waals surface area (Å²) in [6, 6.07) is 2.81. The summed E-state index contributed by atoms with van der Waals surface area (Å²) in [5, 5.41) is 12.2. The molecule has 19 heavy (non-hydrogen) atoms. The van der Waals surface area contributed by atoms with Crippen LogP contribution in [0.2, 0.25) is 0 Å². The molecule has 108 valence electrons. The summed E-state index contributed by atoms with van der Waals surface area (Å²) >= 11 is 0. The van der Waals surface area contributed by atoms with Crippen LogP contribution in [0.5, 0.6) is 5.75 Å². The highest BCUT2D eigenvalue weighted by Crippen LogP contribution is 2.28. The fourth-order valence-corrected chi connectivity index (χ4v) is 2.07. The number of rotatable bonds is 8. The Morgan fingerprint density at radius 3 is 2.74 bits per heavy atom. The normalized spacial score (nSPS) is 12.2. The summed E-state index contributed by atoms with van der Waals surface area (Å²) in [6.07, 6.45) is 2.85. The van der Waals surface area contributed by atoms with E-state index in [1.54, 1.807) is 6.07 Å². The zero-order valence-corrected chi connectivity index (χ0v) is 11.6. The second-order valence-electron chi connectivity index (χ2n) is 4.62. The SMILES string of the molecule is CCCC(CCO)CNc1cc(OC)c(F)cc1N. The molecule has 0 aromatic heterocycles. The van der Waals surface area contributed by atoms with Crippen LogP contribution in [0.25, 0.3) is 0 Å². The molecule has 0 amide bonds. The van der Waals surface area contributed by atoms with Crippen molar-refractivity contribution in [2.45, 2.75) is 26.2 Å². The highest BCUT2D eigenvalue weighted by Gasteiger charge is 2.11. The van der Waals surface area contributed by atoms with E-state index < -0.39 is 5.82 Å². The molecule has 0 aliphatic carbocycles. The first-order chi connectivity index (χ1) is 9.12. The number of halogens is 1. The molecule has 4 nitrogen and oxygen atoms in total. The first-order valence-corrected chi connectivity index (χ1v) is 6.60. The number of aliphatic hydroxyl groups excluding tert-OH is 1. The average Bonchev–Trinajstić information content (AvgIpc) is 2.38. The summed E-state index contributed by atoms with van der Waals surface area (Å²) in [4.78, 5) is 0. The van der Waals surface area contributed by atoms with Crippen LogP contribution in [0.3, 0.4) is 0 Å². The molecule has 0 radical (unpaired) electrons. The standard InChI is InChI=1S/C14H23FN2O2/c1-3-4-10(5-6-18)9-17-13-8-14(19-2)11(15)7-12(13)16/h7-8,10,17-18H,3-6,9,16H2,1-2H3. The lowest BCUT2D eigenvalue weighted by Gasteiger charge is -2.18. The van der Waals surface area contributed by atoms with E-state index in [1.807, 2.05) is 0 Å². The van der Waals surface area contributed by atoms with E-state index in [1.165, 1.54) is 13.2 Å². The van der Waals surface area contributed by atoms with Crippen LogP contribution in [0.15, 0.2) is 12.1 Å². The molecular formula is C14H23FN2O2. The van der Waals surface area contributed by atoms with Crippen molar-refractivity contribution in [1.29, 1.82) is 0 Å². The van der Waals surface area contributed by atoms with Crippen LogP contribution in [0.4, 0.5) is 15.8 Å². The Morgan fingerprint density at radius 2 is 2.16 bits per heavy atom. The molecule has 0 bridgehead atoms. The van der Waals surface area contributed by atoms with Gasteiger partial charge in [0, 0.05) is 25.3 Å². The Labute approximate surface area is 113 Å². The van der Waals surface area contributed by atoms with Crippen LogP contribution in [-0.4, -0.2) is 25.4 Å². The molecule has 0 saturated heterocycles. The molecule has 0 heterocycles. The van der Waals surface area contributed by atoms with Crippen LogP contribution in [-0.2, 0) is 0 Å². The van der Waals surface area contributed by atoms with Crippen molar-refractivity contribution in [3.8, 4) is 5.75 Å². The number of ether oxygens (including phenoxy) is 1. The molecule has 1 unspecified atom stereocenters. The third-order valence-corrected chi connectivity index (χ3v) is 3.14. The molecule has 1 aromatic carbocycles. The van der Waals surface area contributed by atoms with Crippen LogP contribution < -0.4 is 15.8 Å². The predicted octanol–water partition coefficient (Wildman–Crippen LogP) is 2.63. The molecular weight excluding hydrogens is 247 g/mol. The predicted molar refractivity (Wildman–Crippen MR) is 76.0 cm³/mol. The van der Waals surface area contributed by atoms with Crippen molar-refractivity contribution >= 4 is 11.4 Å². The Balaban J connectivity index is 2.70. The van der Waals surface area contributed by atoms with Gasteiger partial charge in [-0.3, -0.25) is 0 Å². The number of methoxy groups -OCH3 is 1. The maximum absolute atomic E-state index is 13.4. The van der Waals surface area contributed by atoms with E-state index >= 15 is 0 Å². The van der Waals surface area contributed by atoms with Crippen molar-refractivity contribution in [3.05, 3.63) is 17.9 Å². The average molecular weight is 270 g/mol. The monoisotopic (exact) mass is 270 g/mol. The molecule has 0 aliphatic rings. The molecule has 0 aliphatic heterocycles. The Hall–Kier alpha value is -1.49. The van der Waals surface area contributed by atoms with Crippen molar-refractivity contribution in [2.24, 2.45) is 5.92 Å². The third kappa shape index (κ3) is 4.59. The molecule has 0 spiro atoms. The smallest absolute Gasteiger partial charge is 0.167 e. The van der Waals surface area contributed by atoms with Gasteiger partial charge in [0.15, 0.2) is 11.6 Å². The van der Waals surface area contributed by atoms with Gasteiger partial charge in [-0.05, 0) is 18.8 Å². The largest absolute Gasteiger partial charge is 0.494 e. The van der Waals surface area contributed by atoms with Gasteiger partial charge in [-0.15, -0.1) is 0 Å². The molecule has 0 saturated carbocycles. The van der Waals surface area contributed by atoms with Gasteiger partial charge in [0.2, 0.25) is 0 Å².